The molecule has 5 heteroatoms. The Labute approximate surface area is 126 Å². The molecule has 21 heavy (non-hydrogen) atoms. The Morgan fingerprint density at radius 3 is 2.29 bits per heavy atom. The van der Waals surface area contributed by atoms with E-state index in [9.17, 15) is 4.79 Å². The minimum absolute atomic E-state index is 0.104. The first kappa shape index (κ1) is 17.5. The third kappa shape index (κ3) is 5.02. The molecule has 3 N–H and O–H groups in total. The van der Waals surface area contributed by atoms with Gasteiger partial charge in [-0.3, -0.25) is 4.79 Å². The highest BCUT2D eigenvalue weighted by molar-refractivity contribution is 5.94. The molecular weight excluding hydrogens is 268 g/mol. The van der Waals surface area contributed by atoms with Crippen LogP contribution in [0.5, 0.6) is 5.75 Å². The zero-order chi connectivity index (χ0) is 15.7. The van der Waals surface area contributed by atoms with Crippen LogP contribution in [0.1, 0.15) is 37.0 Å². The normalized spacial score (nSPS) is 11.2. The third-order valence-electron chi connectivity index (χ3n) is 3.80. The van der Waals surface area contributed by atoms with E-state index in [2.05, 4.69) is 5.32 Å². The number of hydrogen-bond acceptors (Lipinski definition) is 4. The number of nitrogens with two attached hydrogens (primary N) is 1. The first-order valence-corrected chi connectivity index (χ1v) is 7.35. The summed E-state index contributed by atoms with van der Waals surface area (Å²) in [5.41, 5.74) is 6.08. The lowest BCUT2D eigenvalue weighted by Gasteiger charge is -2.31. The minimum atomic E-state index is -0.329. The maximum absolute atomic E-state index is 12.3. The van der Waals surface area contributed by atoms with Gasteiger partial charge in [0.05, 0.1) is 12.1 Å². The molecular formula is C16H26N2O3. The number of ether oxygens (including phenoxy) is 2. The van der Waals surface area contributed by atoms with E-state index in [1.807, 2.05) is 13.8 Å². The minimum Gasteiger partial charge on any atom is -0.491 e. The van der Waals surface area contributed by atoms with Gasteiger partial charge in [-0.25, -0.2) is 0 Å². The van der Waals surface area contributed by atoms with Crippen LogP contribution in [0.3, 0.4) is 0 Å². The fourth-order valence-corrected chi connectivity index (χ4v) is 2.02. The largest absolute Gasteiger partial charge is 0.491 e. The Hall–Kier alpha value is -1.59. The quantitative estimate of drug-likeness (QED) is 0.683. The third-order valence-corrected chi connectivity index (χ3v) is 3.80. The smallest absolute Gasteiger partial charge is 0.251 e. The van der Waals surface area contributed by atoms with Gasteiger partial charge in [0.25, 0.3) is 5.91 Å². The summed E-state index contributed by atoms with van der Waals surface area (Å²) in [6.45, 7) is 5.52. The summed E-state index contributed by atoms with van der Waals surface area (Å²) in [6.07, 6.45) is 1.62. The molecule has 0 atom stereocenters. The van der Waals surface area contributed by atoms with Crippen LogP contribution >= 0.6 is 0 Å². The molecule has 0 heterocycles. The van der Waals surface area contributed by atoms with Gasteiger partial charge < -0.3 is 20.5 Å². The highest BCUT2D eigenvalue weighted by atomic mass is 16.5. The Morgan fingerprint density at radius 2 is 1.81 bits per heavy atom. The van der Waals surface area contributed by atoms with Crippen LogP contribution < -0.4 is 15.8 Å². The van der Waals surface area contributed by atoms with E-state index in [0.29, 0.717) is 25.3 Å². The van der Waals surface area contributed by atoms with Crippen LogP contribution in [-0.4, -0.2) is 38.3 Å². The van der Waals surface area contributed by atoms with Crippen molar-refractivity contribution in [1.82, 2.24) is 5.32 Å². The fraction of sp³-hybridized carbons (Fsp3) is 0.562. The molecule has 0 bridgehead atoms. The fourth-order valence-electron chi connectivity index (χ4n) is 2.02. The Balaban J connectivity index is 2.66. The van der Waals surface area contributed by atoms with Crippen molar-refractivity contribution in [3.63, 3.8) is 0 Å². The molecule has 0 aromatic heterocycles. The highest BCUT2D eigenvalue weighted by Crippen LogP contribution is 2.16. The number of methoxy groups -OCH3 is 1. The first-order chi connectivity index (χ1) is 10.1. The predicted octanol–water partition coefficient (Wildman–Crippen LogP) is 1.96. The van der Waals surface area contributed by atoms with Crippen LogP contribution in [0.15, 0.2) is 24.3 Å². The van der Waals surface area contributed by atoms with Crippen molar-refractivity contribution in [2.24, 2.45) is 5.73 Å². The van der Waals surface area contributed by atoms with Gasteiger partial charge in [0.2, 0.25) is 0 Å². The maximum atomic E-state index is 12.3. The highest BCUT2D eigenvalue weighted by Gasteiger charge is 2.26. The molecule has 118 valence electrons. The van der Waals surface area contributed by atoms with E-state index in [4.69, 9.17) is 15.2 Å². The van der Waals surface area contributed by atoms with E-state index in [0.717, 1.165) is 18.6 Å². The van der Waals surface area contributed by atoms with Gasteiger partial charge in [0.15, 0.2) is 0 Å². The monoisotopic (exact) mass is 294 g/mol. The molecule has 1 rings (SSSR count). The number of benzene rings is 1. The van der Waals surface area contributed by atoms with Crippen molar-refractivity contribution in [3.8, 4) is 5.75 Å². The molecule has 5 nitrogen and oxygen atoms in total. The molecule has 1 aromatic rings. The van der Waals surface area contributed by atoms with Crippen LogP contribution in [0.25, 0.3) is 0 Å². The first-order valence-electron chi connectivity index (χ1n) is 7.35. The molecule has 0 fully saturated rings. The molecule has 0 radical (unpaired) electrons. The number of rotatable bonds is 9. The van der Waals surface area contributed by atoms with Gasteiger partial charge >= 0.3 is 0 Å². The van der Waals surface area contributed by atoms with E-state index < -0.39 is 0 Å². The molecule has 0 saturated carbocycles. The summed E-state index contributed by atoms with van der Waals surface area (Å²) in [7, 11) is 1.63. The Bertz CT molecular complexity index is 419. The number of amides is 1. The van der Waals surface area contributed by atoms with Gasteiger partial charge in [-0.05, 0) is 37.1 Å². The Kier molecular flexibility index (Phi) is 7.19. The van der Waals surface area contributed by atoms with Crippen LogP contribution in [-0.2, 0) is 4.74 Å². The predicted molar refractivity (Wildman–Crippen MR) is 83.6 cm³/mol. The standard InChI is InChI=1S/C16H26N2O3/c1-4-16(5-2,12-17)18-15(19)13-6-8-14(9-7-13)21-11-10-20-3/h6-9H,4-5,10-12,17H2,1-3H3,(H,18,19). The van der Waals surface area contributed by atoms with Gasteiger partial charge in [0, 0.05) is 19.2 Å². The second-order valence-electron chi connectivity index (χ2n) is 5.01. The summed E-state index contributed by atoms with van der Waals surface area (Å²) in [5, 5.41) is 3.04. The number of nitrogens with one attached hydrogen (secondary N) is 1. The molecule has 1 aromatic carbocycles. The lowest BCUT2D eigenvalue weighted by atomic mass is 9.92. The number of hydrogen-bond donors (Lipinski definition) is 2. The molecule has 0 aliphatic heterocycles. The lowest BCUT2D eigenvalue weighted by Crippen LogP contribution is -2.52. The SMILES string of the molecule is CCC(CC)(CN)NC(=O)c1ccc(OCCOC)cc1. The van der Waals surface area contributed by atoms with Crippen LogP contribution in [0.4, 0.5) is 0 Å². The molecule has 0 aliphatic carbocycles. The van der Waals surface area contributed by atoms with Gasteiger partial charge in [-0.2, -0.15) is 0 Å². The second kappa shape index (κ2) is 8.64. The average molecular weight is 294 g/mol. The van der Waals surface area contributed by atoms with E-state index in [-0.39, 0.29) is 11.4 Å². The van der Waals surface area contributed by atoms with Crippen LogP contribution in [0.2, 0.25) is 0 Å². The van der Waals surface area contributed by atoms with Crippen molar-refractivity contribution < 1.29 is 14.3 Å². The molecule has 0 spiro atoms. The zero-order valence-corrected chi connectivity index (χ0v) is 13.1. The van der Waals surface area contributed by atoms with Crippen molar-refractivity contribution in [3.05, 3.63) is 29.8 Å². The second-order valence-corrected chi connectivity index (χ2v) is 5.01. The van der Waals surface area contributed by atoms with Crippen LogP contribution in [0, 0.1) is 0 Å². The van der Waals surface area contributed by atoms with Crippen molar-refractivity contribution in [2.45, 2.75) is 32.2 Å². The Morgan fingerprint density at radius 1 is 1.19 bits per heavy atom. The van der Waals surface area contributed by atoms with Gasteiger partial charge in [-0.15, -0.1) is 0 Å². The van der Waals surface area contributed by atoms with Crippen molar-refractivity contribution >= 4 is 5.91 Å². The maximum Gasteiger partial charge on any atom is 0.251 e. The molecule has 1 amide bonds. The molecule has 0 unspecified atom stereocenters. The zero-order valence-electron chi connectivity index (χ0n) is 13.1. The average Bonchev–Trinajstić information content (AvgIpc) is 2.53. The van der Waals surface area contributed by atoms with Gasteiger partial charge in [-0.1, -0.05) is 13.8 Å². The summed E-state index contributed by atoms with van der Waals surface area (Å²) in [5.74, 6) is 0.618. The number of carbonyl (C=O) groups is 1. The number of carbonyl (C=O) groups excluding carboxylic acids is 1. The van der Waals surface area contributed by atoms with E-state index in [1.54, 1.807) is 31.4 Å². The lowest BCUT2D eigenvalue weighted by molar-refractivity contribution is 0.0895. The van der Waals surface area contributed by atoms with Crippen molar-refractivity contribution in [1.29, 1.82) is 0 Å². The van der Waals surface area contributed by atoms with E-state index >= 15 is 0 Å². The molecule has 0 aliphatic rings. The summed E-state index contributed by atoms with van der Waals surface area (Å²) < 4.78 is 10.4. The summed E-state index contributed by atoms with van der Waals surface area (Å²) >= 11 is 0. The topological polar surface area (TPSA) is 73.6 Å². The summed E-state index contributed by atoms with van der Waals surface area (Å²) in [4.78, 5) is 12.3. The summed E-state index contributed by atoms with van der Waals surface area (Å²) in [6, 6.07) is 7.08. The van der Waals surface area contributed by atoms with Gasteiger partial charge in [0.1, 0.15) is 12.4 Å². The molecule has 0 saturated heterocycles. The van der Waals surface area contributed by atoms with Crippen molar-refractivity contribution in [2.75, 3.05) is 26.9 Å². The van der Waals surface area contributed by atoms with E-state index in [1.165, 1.54) is 0 Å².